The van der Waals surface area contributed by atoms with Crippen molar-refractivity contribution in [2.24, 2.45) is 17.8 Å². The average molecular weight is 275 g/mol. The van der Waals surface area contributed by atoms with Gasteiger partial charge in [-0.1, -0.05) is 20.3 Å². The Balaban J connectivity index is 2.41. The third-order valence-corrected chi connectivity index (χ3v) is 6.13. The fourth-order valence-electron chi connectivity index (χ4n) is 3.16. The van der Waals surface area contributed by atoms with Crippen molar-refractivity contribution < 1.29 is 8.42 Å². The van der Waals surface area contributed by atoms with Crippen LogP contribution in [0.15, 0.2) is 0 Å². The van der Waals surface area contributed by atoms with Gasteiger partial charge in [-0.2, -0.15) is 0 Å². The molecule has 0 bridgehead atoms. The van der Waals surface area contributed by atoms with Crippen molar-refractivity contribution in [2.75, 3.05) is 25.1 Å². The summed E-state index contributed by atoms with van der Waals surface area (Å²) < 4.78 is 23.0. The Labute approximate surface area is 113 Å². The second kappa shape index (κ2) is 7.49. The second-order valence-corrected chi connectivity index (χ2v) is 8.35. The molecule has 18 heavy (non-hydrogen) atoms. The predicted octanol–water partition coefficient (Wildman–Crippen LogP) is 2.47. The Kier molecular flexibility index (Phi) is 6.64. The van der Waals surface area contributed by atoms with Gasteiger partial charge in [0.15, 0.2) is 0 Å². The van der Waals surface area contributed by atoms with E-state index < -0.39 is 9.84 Å². The summed E-state index contributed by atoms with van der Waals surface area (Å²) in [6.07, 6.45) is 5.82. The van der Waals surface area contributed by atoms with Crippen molar-refractivity contribution in [2.45, 2.75) is 46.0 Å². The van der Waals surface area contributed by atoms with Gasteiger partial charge in [0.1, 0.15) is 9.84 Å². The van der Waals surface area contributed by atoms with Crippen LogP contribution in [0.2, 0.25) is 0 Å². The van der Waals surface area contributed by atoms with E-state index in [0.29, 0.717) is 11.7 Å². The smallest absolute Gasteiger partial charge is 0.150 e. The molecule has 0 saturated heterocycles. The first kappa shape index (κ1) is 16.0. The molecule has 0 aromatic carbocycles. The first-order valence-corrected chi connectivity index (χ1v) is 9.15. The molecular formula is C14H29NO2S. The zero-order valence-electron chi connectivity index (χ0n) is 12.1. The minimum atomic E-state index is -2.78. The van der Waals surface area contributed by atoms with Crippen molar-refractivity contribution in [3.63, 3.8) is 0 Å². The Bertz CT molecular complexity index is 327. The summed E-state index contributed by atoms with van der Waals surface area (Å²) in [5.41, 5.74) is 0. The van der Waals surface area contributed by atoms with E-state index in [2.05, 4.69) is 12.2 Å². The SMILES string of the molecule is CCS(=O)(=O)CCCC1CC(C)CCC1CNC. The highest BCUT2D eigenvalue weighted by Crippen LogP contribution is 2.36. The molecule has 0 amide bonds. The summed E-state index contributed by atoms with van der Waals surface area (Å²) in [6.45, 7) is 5.14. The van der Waals surface area contributed by atoms with E-state index in [9.17, 15) is 8.42 Å². The molecule has 1 rings (SSSR count). The zero-order valence-corrected chi connectivity index (χ0v) is 12.9. The molecule has 1 aliphatic rings. The lowest BCUT2D eigenvalue weighted by molar-refractivity contribution is 0.176. The quantitative estimate of drug-likeness (QED) is 0.776. The molecule has 3 unspecified atom stereocenters. The summed E-state index contributed by atoms with van der Waals surface area (Å²) in [5, 5.41) is 3.28. The summed E-state index contributed by atoms with van der Waals surface area (Å²) in [4.78, 5) is 0. The van der Waals surface area contributed by atoms with Gasteiger partial charge in [-0.3, -0.25) is 0 Å². The van der Waals surface area contributed by atoms with Crippen molar-refractivity contribution in [3.8, 4) is 0 Å². The van der Waals surface area contributed by atoms with Gasteiger partial charge in [0.25, 0.3) is 0 Å². The fraction of sp³-hybridized carbons (Fsp3) is 1.00. The molecule has 108 valence electrons. The molecule has 1 aliphatic carbocycles. The van der Waals surface area contributed by atoms with Gasteiger partial charge in [-0.05, 0) is 57.0 Å². The van der Waals surface area contributed by atoms with E-state index >= 15 is 0 Å². The second-order valence-electron chi connectivity index (χ2n) is 5.87. The molecule has 0 aromatic heterocycles. The largest absolute Gasteiger partial charge is 0.319 e. The number of nitrogens with one attached hydrogen (secondary N) is 1. The van der Waals surface area contributed by atoms with E-state index in [1.165, 1.54) is 19.3 Å². The maximum Gasteiger partial charge on any atom is 0.150 e. The summed E-state index contributed by atoms with van der Waals surface area (Å²) in [5.74, 6) is 2.93. The molecule has 1 saturated carbocycles. The Hall–Kier alpha value is -0.0900. The first-order valence-electron chi connectivity index (χ1n) is 7.33. The predicted molar refractivity (Wildman–Crippen MR) is 77.5 cm³/mol. The van der Waals surface area contributed by atoms with Gasteiger partial charge in [-0.25, -0.2) is 8.42 Å². The maximum atomic E-state index is 11.5. The highest BCUT2D eigenvalue weighted by Gasteiger charge is 2.27. The van der Waals surface area contributed by atoms with Gasteiger partial charge in [0.2, 0.25) is 0 Å². The molecule has 3 nitrogen and oxygen atoms in total. The van der Waals surface area contributed by atoms with Crippen LogP contribution in [0.25, 0.3) is 0 Å². The lowest BCUT2D eigenvalue weighted by Crippen LogP contribution is -2.31. The average Bonchev–Trinajstić information content (AvgIpc) is 2.32. The molecule has 0 aliphatic heterocycles. The Morgan fingerprint density at radius 2 is 1.94 bits per heavy atom. The van der Waals surface area contributed by atoms with Crippen LogP contribution in [-0.2, 0) is 9.84 Å². The maximum absolute atomic E-state index is 11.5. The van der Waals surface area contributed by atoms with Crippen molar-refractivity contribution in [1.29, 1.82) is 0 Å². The molecule has 3 atom stereocenters. The normalized spacial score (nSPS) is 29.4. The van der Waals surface area contributed by atoms with Crippen LogP contribution in [-0.4, -0.2) is 33.5 Å². The molecule has 0 heterocycles. The molecular weight excluding hydrogens is 246 g/mol. The van der Waals surface area contributed by atoms with Crippen molar-refractivity contribution >= 4 is 9.84 Å². The van der Waals surface area contributed by atoms with Crippen LogP contribution < -0.4 is 5.32 Å². The van der Waals surface area contributed by atoms with E-state index in [-0.39, 0.29) is 5.75 Å². The Morgan fingerprint density at radius 1 is 1.22 bits per heavy atom. The summed E-state index contributed by atoms with van der Waals surface area (Å²) in [6, 6.07) is 0. The van der Waals surface area contributed by atoms with Gasteiger partial charge in [0, 0.05) is 5.75 Å². The third-order valence-electron chi connectivity index (χ3n) is 4.34. The van der Waals surface area contributed by atoms with E-state index in [1.54, 1.807) is 6.92 Å². The van der Waals surface area contributed by atoms with Crippen molar-refractivity contribution in [3.05, 3.63) is 0 Å². The van der Waals surface area contributed by atoms with E-state index in [1.807, 2.05) is 7.05 Å². The standard InChI is InChI=1S/C14H29NO2S/c1-4-18(16,17)9-5-6-13-10-12(2)7-8-14(13)11-15-3/h12-15H,4-11H2,1-3H3. The van der Waals surface area contributed by atoms with E-state index in [0.717, 1.165) is 31.2 Å². The van der Waals surface area contributed by atoms with Crippen LogP contribution in [0.4, 0.5) is 0 Å². The third kappa shape index (κ3) is 5.27. The molecule has 0 spiro atoms. The van der Waals surface area contributed by atoms with Crippen LogP contribution >= 0.6 is 0 Å². The summed E-state index contributed by atoms with van der Waals surface area (Å²) in [7, 11) is -0.769. The van der Waals surface area contributed by atoms with Crippen LogP contribution in [0.1, 0.15) is 46.0 Å². The number of rotatable bonds is 7. The minimum absolute atomic E-state index is 0.286. The molecule has 4 heteroatoms. The molecule has 0 aromatic rings. The fourth-order valence-corrected chi connectivity index (χ4v) is 4.05. The van der Waals surface area contributed by atoms with Gasteiger partial charge in [-0.15, -0.1) is 0 Å². The zero-order chi connectivity index (χ0) is 13.6. The highest BCUT2D eigenvalue weighted by molar-refractivity contribution is 7.91. The van der Waals surface area contributed by atoms with Crippen molar-refractivity contribution in [1.82, 2.24) is 5.32 Å². The lowest BCUT2D eigenvalue weighted by atomic mass is 9.73. The van der Waals surface area contributed by atoms with Gasteiger partial charge < -0.3 is 5.32 Å². The van der Waals surface area contributed by atoms with Crippen LogP contribution in [0.3, 0.4) is 0 Å². The first-order chi connectivity index (χ1) is 8.48. The molecule has 1 N–H and O–H groups in total. The molecule has 0 radical (unpaired) electrons. The molecule has 1 fully saturated rings. The minimum Gasteiger partial charge on any atom is -0.319 e. The number of hydrogen-bond acceptors (Lipinski definition) is 3. The number of sulfone groups is 1. The summed E-state index contributed by atoms with van der Waals surface area (Å²) >= 11 is 0. The highest BCUT2D eigenvalue weighted by atomic mass is 32.2. The van der Waals surface area contributed by atoms with Gasteiger partial charge in [0.05, 0.1) is 5.75 Å². The van der Waals surface area contributed by atoms with Crippen LogP contribution in [0.5, 0.6) is 0 Å². The topological polar surface area (TPSA) is 46.2 Å². The van der Waals surface area contributed by atoms with Crippen LogP contribution in [0, 0.1) is 17.8 Å². The monoisotopic (exact) mass is 275 g/mol. The number of hydrogen-bond donors (Lipinski definition) is 1. The Morgan fingerprint density at radius 3 is 2.56 bits per heavy atom. The van der Waals surface area contributed by atoms with Gasteiger partial charge >= 0.3 is 0 Å². The van der Waals surface area contributed by atoms with E-state index in [4.69, 9.17) is 0 Å². The lowest BCUT2D eigenvalue weighted by Gasteiger charge is -2.35.